The van der Waals surface area contributed by atoms with E-state index in [2.05, 4.69) is 4.52 Å². The zero-order valence-electron chi connectivity index (χ0n) is 10.4. The standard InChI is InChI=1S/C6H6ClO4P.C4H11NO3/c7-5-3-1-2-4-6(5)11-12(8,9)10;5-4(1-6,2-7)3-8/h1-4H,(H2,8,9,10);6-8H,1-3,5H2. The monoisotopic (exact) mass is 329 g/mol. The first-order valence-corrected chi connectivity index (χ1v) is 7.19. The van der Waals surface area contributed by atoms with Crippen LogP contribution in [-0.4, -0.2) is 50.5 Å². The molecule has 0 radical (unpaired) electrons. The van der Waals surface area contributed by atoms with E-state index >= 15 is 0 Å². The summed E-state index contributed by atoms with van der Waals surface area (Å²) >= 11 is 5.56. The molecule has 0 unspecified atom stereocenters. The summed E-state index contributed by atoms with van der Waals surface area (Å²) in [7, 11) is -4.50. The molecule has 0 atom stereocenters. The van der Waals surface area contributed by atoms with E-state index in [1.165, 1.54) is 12.1 Å². The minimum Gasteiger partial charge on any atom is -0.403 e. The maximum absolute atomic E-state index is 10.4. The molecule has 1 aromatic carbocycles. The van der Waals surface area contributed by atoms with E-state index in [-0.39, 0.29) is 10.8 Å². The third kappa shape index (κ3) is 7.78. The van der Waals surface area contributed by atoms with E-state index in [0.29, 0.717) is 0 Å². The van der Waals surface area contributed by atoms with E-state index in [4.69, 9.17) is 42.4 Å². The van der Waals surface area contributed by atoms with Gasteiger partial charge in [0, 0.05) is 0 Å². The summed E-state index contributed by atoms with van der Waals surface area (Å²) in [6.07, 6.45) is 0. The van der Waals surface area contributed by atoms with Crippen molar-refractivity contribution in [3.63, 3.8) is 0 Å². The molecule has 8 nitrogen and oxygen atoms in total. The first-order chi connectivity index (χ1) is 9.17. The number of para-hydroxylation sites is 1. The fourth-order valence-corrected chi connectivity index (χ4v) is 1.44. The highest BCUT2D eigenvalue weighted by Crippen LogP contribution is 2.40. The zero-order chi connectivity index (χ0) is 15.8. The quantitative estimate of drug-likeness (QED) is 0.394. The van der Waals surface area contributed by atoms with Gasteiger partial charge in [0.2, 0.25) is 0 Å². The van der Waals surface area contributed by atoms with Crippen LogP contribution >= 0.6 is 19.4 Å². The largest absolute Gasteiger partial charge is 0.524 e. The van der Waals surface area contributed by atoms with E-state index in [0.717, 1.165) is 0 Å². The third-order valence-electron chi connectivity index (χ3n) is 2.00. The zero-order valence-corrected chi connectivity index (χ0v) is 12.0. The molecule has 0 heterocycles. The number of phosphoric acid groups is 1. The summed E-state index contributed by atoms with van der Waals surface area (Å²) < 4.78 is 14.6. The van der Waals surface area contributed by atoms with Gasteiger partial charge in [-0.2, -0.15) is 0 Å². The molecular formula is C10H17ClNO7P. The molecule has 1 aromatic rings. The van der Waals surface area contributed by atoms with Crippen LogP contribution in [0.4, 0.5) is 0 Å². The highest BCUT2D eigenvalue weighted by molar-refractivity contribution is 7.46. The Hall–Kier alpha value is -0.700. The van der Waals surface area contributed by atoms with Gasteiger partial charge < -0.3 is 25.6 Å². The van der Waals surface area contributed by atoms with Crippen LogP contribution in [0.25, 0.3) is 0 Å². The molecule has 116 valence electrons. The van der Waals surface area contributed by atoms with Crippen LogP contribution in [0.1, 0.15) is 0 Å². The third-order valence-corrected chi connectivity index (χ3v) is 2.75. The second-order valence-corrected chi connectivity index (χ2v) is 5.42. The molecule has 7 N–H and O–H groups in total. The lowest BCUT2D eigenvalue weighted by molar-refractivity contribution is 0.0697. The van der Waals surface area contributed by atoms with Crippen molar-refractivity contribution in [2.45, 2.75) is 5.54 Å². The highest BCUT2D eigenvalue weighted by Gasteiger charge is 2.20. The lowest BCUT2D eigenvalue weighted by Gasteiger charge is -2.20. The topological polar surface area (TPSA) is 153 Å². The molecule has 0 aromatic heterocycles. The van der Waals surface area contributed by atoms with E-state index in [1.54, 1.807) is 12.1 Å². The van der Waals surface area contributed by atoms with Crippen LogP contribution in [-0.2, 0) is 4.57 Å². The average molecular weight is 330 g/mol. The van der Waals surface area contributed by atoms with Crippen LogP contribution in [0.15, 0.2) is 24.3 Å². The van der Waals surface area contributed by atoms with Crippen molar-refractivity contribution in [3.8, 4) is 5.75 Å². The van der Waals surface area contributed by atoms with Crippen molar-refractivity contribution in [2.24, 2.45) is 5.73 Å². The van der Waals surface area contributed by atoms with Gasteiger partial charge in [-0.3, -0.25) is 9.79 Å². The Morgan fingerprint density at radius 3 is 1.90 bits per heavy atom. The molecule has 0 fully saturated rings. The Balaban J connectivity index is 0.000000396. The van der Waals surface area contributed by atoms with Crippen molar-refractivity contribution in [1.29, 1.82) is 0 Å². The number of aliphatic hydroxyl groups excluding tert-OH is 3. The molecule has 0 saturated heterocycles. The molecule has 1 rings (SSSR count). The fourth-order valence-electron chi connectivity index (χ4n) is 0.797. The van der Waals surface area contributed by atoms with Gasteiger partial charge >= 0.3 is 7.82 Å². The predicted octanol–water partition coefficient (Wildman–Crippen LogP) is -0.528. The summed E-state index contributed by atoms with van der Waals surface area (Å²) in [5.74, 6) is -0.0208. The minimum atomic E-state index is -4.50. The Kier molecular flexibility index (Phi) is 8.26. The molecule has 0 aliphatic carbocycles. The number of hydrogen-bond acceptors (Lipinski definition) is 6. The predicted molar refractivity (Wildman–Crippen MR) is 72.3 cm³/mol. The second-order valence-electron chi connectivity index (χ2n) is 3.85. The van der Waals surface area contributed by atoms with Crippen LogP contribution in [0.3, 0.4) is 0 Å². The molecule has 0 amide bonds. The molecule has 0 spiro atoms. The number of nitrogens with two attached hydrogens (primary N) is 1. The van der Waals surface area contributed by atoms with Crippen LogP contribution < -0.4 is 10.3 Å². The molecule has 0 aliphatic heterocycles. The Morgan fingerprint density at radius 2 is 1.60 bits per heavy atom. The maximum Gasteiger partial charge on any atom is 0.524 e. The number of benzene rings is 1. The molecule has 0 saturated carbocycles. The summed E-state index contributed by atoms with van der Waals surface area (Å²) in [5.41, 5.74) is 3.94. The van der Waals surface area contributed by atoms with Crippen molar-refractivity contribution < 1.29 is 34.2 Å². The SMILES string of the molecule is NC(CO)(CO)CO.O=P(O)(O)Oc1ccccc1Cl. The van der Waals surface area contributed by atoms with Gasteiger partial charge in [-0.25, -0.2) is 4.57 Å². The number of halogens is 1. The van der Waals surface area contributed by atoms with Gasteiger partial charge in [0.25, 0.3) is 0 Å². The van der Waals surface area contributed by atoms with Gasteiger partial charge in [-0.05, 0) is 12.1 Å². The van der Waals surface area contributed by atoms with E-state index in [1.807, 2.05) is 0 Å². The first kappa shape index (κ1) is 19.3. The van der Waals surface area contributed by atoms with E-state index < -0.39 is 33.2 Å². The summed E-state index contributed by atoms with van der Waals surface area (Å²) in [6, 6.07) is 6.06. The van der Waals surface area contributed by atoms with Crippen LogP contribution in [0, 0.1) is 0 Å². The molecule has 0 aliphatic rings. The lowest BCUT2D eigenvalue weighted by Crippen LogP contribution is -2.50. The van der Waals surface area contributed by atoms with Gasteiger partial charge in [0.05, 0.1) is 30.4 Å². The Bertz CT molecular complexity index is 441. The smallest absolute Gasteiger partial charge is 0.403 e. The number of aliphatic hydroxyl groups is 3. The van der Waals surface area contributed by atoms with E-state index in [9.17, 15) is 4.57 Å². The van der Waals surface area contributed by atoms with Crippen LogP contribution in [0.5, 0.6) is 5.75 Å². The number of hydrogen-bond donors (Lipinski definition) is 6. The minimum absolute atomic E-state index is 0.0208. The van der Waals surface area contributed by atoms with Crippen molar-refractivity contribution >= 4 is 19.4 Å². The molecule has 10 heteroatoms. The van der Waals surface area contributed by atoms with Crippen molar-refractivity contribution in [3.05, 3.63) is 29.3 Å². The summed E-state index contributed by atoms with van der Waals surface area (Å²) in [4.78, 5) is 16.9. The van der Waals surface area contributed by atoms with Crippen molar-refractivity contribution in [2.75, 3.05) is 19.8 Å². The average Bonchev–Trinajstić information content (AvgIpc) is 2.40. The Morgan fingerprint density at radius 1 is 1.15 bits per heavy atom. The summed E-state index contributed by atoms with van der Waals surface area (Å²) in [5, 5.41) is 25.2. The molecule has 0 bridgehead atoms. The fraction of sp³-hybridized carbons (Fsp3) is 0.400. The maximum atomic E-state index is 10.4. The lowest BCUT2D eigenvalue weighted by atomic mass is 10.1. The van der Waals surface area contributed by atoms with Gasteiger partial charge in [0.15, 0.2) is 0 Å². The molecule has 20 heavy (non-hydrogen) atoms. The van der Waals surface area contributed by atoms with Gasteiger partial charge in [0.1, 0.15) is 5.75 Å². The van der Waals surface area contributed by atoms with Gasteiger partial charge in [-0.1, -0.05) is 23.7 Å². The first-order valence-electron chi connectivity index (χ1n) is 5.28. The normalized spacial score (nSPS) is 11.6. The number of rotatable bonds is 5. The van der Waals surface area contributed by atoms with Crippen LogP contribution in [0.2, 0.25) is 5.02 Å². The second kappa shape index (κ2) is 8.56. The Labute approximate surface area is 120 Å². The number of phosphoric ester groups is 1. The molecular weight excluding hydrogens is 313 g/mol. The summed E-state index contributed by atoms with van der Waals surface area (Å²) in [6.45, 7) is -1.21. The van der Waals surface area contributed by atoms with Gasteiger partial charge in [-0.15, -0.1) is 0 Å². The highest BCUT2D eigenvalue weighted by atomic mass is 35.5. The van der Waals surface area contributed by atoms with Crippen molar-refractivity contribution in [1.82, 2.24) is 0 Å².